The molecule has 0 saturated carbocycles. The molecule has 0 amide bonds. The van der Waals surface area contributed by atoms with Gasteiger partial charge in [0.15, 0.2) is 11.5 Å². The van der Waals surface area contributed by atoms with Gasteiger partial charge in [0, 0.05) is 19.2 Å². The molecule has 1 aliphatic heterocycles. The largest absolute Gasteiger partial charge is 0.493 e. The number of ether oxygens (including phenoxy) is 2. The lowest BCUT2D eigenvalue weighted by molar-refractivity contribution is 0.355. The van der Waals surface area contributed by atoms with Crippen LogP contribution in [0.5, 0.6) is 11.5 Å². The zero-order valence-electron chi connectivity index (χ0n) is 17.2. The summed E-state index contributed by atoms with van der Waals surface area (Å²) in [7, 11) is 3.11. The highest BCUT2D eigenvalue weighted by atomic mass is 16.5. The average molecular weight is 404 g/mol. The third kappa shape index (κ3) is 3.57. The Morgan fingerprint density at radius 3 is 2.47 bits per heavy atom. The molecule has 0 bridgehead atoms. The Bertz CT molecular complexity index is 1170. The Kier molecular flexibility index (Phi) is 5.57. The second-order valence-electron chi connectivity index (χ2n) is 7.34. The summed E-state index contributed by atoms with van der Waals surface area (Å²) in [5.41, 5.74) is 1.76. The molecule has 1 aliphatic rings. The van der Waals surface area contributed by atoms with E-state index < -0.39 is 0 Å². The van der Waals surface area contributed by atoms with Crippen molar-refractivity contribution in [3.8, 4) is 17.6 Å². The van der Waals surface area contributed by atoms with Crippen molar-refractivity contribution in [3.05, 3.63) is 57.9 Å². The first kappa shape index (κ1) is 19.8. The minimum absolute atomic E-state index is 0.158. The van der Waals surface area contributed by atoms with Gasteiger partial charge < -0.3 is 14.4 Å². The first-order chi connectivity index (χ1) is 14.7. The minimum atomic E-state index is -0.158. The highest BCUT2D eigenvalue weighted by Crippen LogP contribution is 2.31. The molecule has 1 aromatic heterocycles. The van der Waals surface area contributed by atoms with Crippen LogP contribution in [0.1, 0.15) is 30.4 Å². The third-order valence-corrected chi connectivity index (χ3v) is 5.54. The van der Waals surface area contributed by atoms with Crippen molar-refractivity contribution in [3.63, 3.8) is 0 Å². The lowest BCUT2D eigenvalue weighted by Crippen LogP contribution is -2.36. The molecule has 0 unspecified atom stereocenters. The molecule has 0 aliphatic carbocycles. The van der Waals surface area contributed by atoms with Crippen LogP contribution in [-0.2, 0) is 6.54 Å². The van der Waals surface area contributed by atoms with Crippen molar-refractivity contribution in [1.82, 2.24) is 9.55 Å². The Hall–Kier alpha value is -3.53. The fraction of sp³-hybridized carbons (Fsp3) is 0.348. The Balaban J connectivity index is 1.94. The molecule has 1 fully saturated rings. The molecule has 1 saturated heterocycles. The fourth-order valence-corrected chi connectivity index (χ4v) is 3.95. The van der Waals surface area contributed by atoms with Crippen molar-refractivity contribution in [2.24, 2.45) is 0 Å². The molecule has 7 nitrogen and oxygen atoms in total. The van der Waals surface area contributed by atoms with E-state index in [9.17, 15) is 10.1 Å². The Morgan fingerprint density at radius 2 is 1.77 bits per heavy atom. The molecule has 0 radical (unpaired) electrons. The molecule has 2 aromatic carbocycles. The van der Waals surface area contributed by atoms with Gasteiger partial charge in [-0.2, -0.15) is 5.26 Å². The monoisotopic (exact) mass is 404 g/mol. The van der Waals surface area contributed by atoms with Gasteiger partial charge in [0.1, 0.15) is 0 Å². The lowest BCUT2D eigenvalue weighted by Gasteiger charge is -2.30. The van der Waals surface area contributed by atoms with E-state index >= 15 is 0 Å². The molecular formula is C23H24N4O3. The summed E-state index contributed by atoms with van der Waals surface area (Å²) in [4.78, 5) is 20.6. The number of aromatic nitrogens is 2. The average Bonchev–Trinajstić information content (AvgIpc) is 2.80. The zero-order valence-corrected chi connectivity index (χ0v) is 17.2. The molecule has 4 rings (SSSR count). The lowest BCUT2D eigenvalue weighted by atomic mass is 10.1. The van der Waals surface area contributed by atoms with Crippen LogP contribution in [0.2, 0.25) is 0 Å². The molecule has 7 heteroatoms. The second kappa shape index (κ2) is 8.46. The predicted octanol–water partition coefficient (Wildman–Crippen LogP) is 3.32. The van der Waals surface area contributed by atoms with Crippen LogP contribution in [0.4, 0.5) is 5.95 Å². The van der Waals surface area contributed by atoms with Crippen molar-refractivity contribution < 1.29 is 9.47 Å². The van der Waals surface area contributed by atoms with E-state index in [0.717, 1.165) is 31.5 Å². The van der Waals surface area contributed by atoms with Crippen molar-refractivity contribution in [2.75, 3.05) is 32.2 Å². The number of fused-ring (bicyclic) bond motifs is 1. The Labute approximate surface area is 175 Å². The summed E-state index contributed by atoms with van der Waals surface area (Å²) < 4.78 is 12.5. The zero-order chi connectivity index (χ0) is 21.1. The van der Waals surface area contributed by atoms with Gasteiger partial charge in [0.2, 0.25) is 5.95 Å². The van der Waals surface area contributed by atoms with E-state index in [0.29, 0.717) is 33.9 Å². The van der Waals surface area contributed by atoms with Gasteiger partial charge in [-0.05, 0) is 37.0 Å². The summed E-state index contributed by atoms with van der Waals surface area (Å²) in [6.45, 7) is 1.99. The van der Waals surface area contributed by atoms with Gasteiger partial charge in [-0.1, -0.05) is 18.2 Å². The summed E-state index contributed by atoms with van der Waals surface area (Å²) >= 11 is 0. The van der Waals surface area contributed by atoms with E-state index in [1.165, 1.54) is 6.42 Å². The SMILES string of the molecule is COc1cc2nc(N3CCCCC3)n(Cc3ccccc3C#N)c(=O)c2cc1OC. The first-order valence-electron chi connectivity index (χ1n) is 10.1. The molecule has 154 valence electrons. The van der Waals surface area contributed by atoms with E-state index in [-0.39, 0.29) is 12.1 Å². The van der Waals surface area contributed by atoms with Crippen LogP contribution >= 0.6 is 0 Å². The smallest absolute Gasteiger partial charge is 0.263 e. The van der Waals surface area contributed by atoms with E-state index in [4.69, 9.17) is 14.5 Å². The second-order valence-corrected chi connectivity index (χ2v) is 7.34. The number of benzene rings is 2. The van der Waals surface area contributed by atoms with Gasteiger partial charge in [0.25, 0.3) is 5.56 Å². The number of nitriles is 1. The molecular weight excluding hydrogens is 380 g/mol. The molecule has 0 atom stereocenters. The number of hydrogen-bond donors (Lipinski definition) is 0. The number of nitrogens with zero attached hydrogens (tertiary/aromatic N) is 4. The maximum absolute atomic E-state index is 13.6. The fourth-order valence-electron chi connectivity index (χ4n) is 3.95. The number of hydrogen-bond acceptors (Lipinski definition) is 6. The maximum atomic E-state index is 13.6. The van der Waals surface area contributed by atoms with Crippen molar-refractivity contribution >= 4 is 16.9 Å². The first-order valence-corrected chi connectivity index (χ1v) is 10.1. The normalized spacial score (nSPS) is 13.8. The minimum Gasteiger partial charge on any atom is -0.493 e. The summed E-state index contributed by atoms with van der Waals surface area (Å²) in [6.07, 6.45) is 3.31. The topological polar surface area (TPSA) is 80.4 Å². The summed E-state index contributed by atoms with van der Waals surface area (Å²) in [5.74, 6) is 1.65. The van der Waals surface area contributed by atoms with Crippen LogP contribution in [0.15, 0.2) is 41.2 Å². The number of rotatable bonds is 5. The summed E-state index contributed by atoms with van der Waals surface area (Å²) in [5, 5.41) is 9.95. The summed E-state index contributed by atoms with van der Waals surface area (Å²) in [6, 6.07) is 13.0. The van der Waals surface area contributed by atoms with Gasteiger partial charge in [-0.3, -0.25) is 9.36 Å². The third-order valence-electron chi connectivity index (χ3n) is 5.54. The van der Waals surface area contributed by atoms with Crippen LogP contribution in [-0.4, -0.2) is 36.9 Å². The van der Waals surface area contributed by atoms with Gasteiger partial charge in [-0.25, -0.2) is 4.98 Å². The van der Waals surface area contributed by atoms with Gasteiger partial charge in [-0.15, -0.1) is 0 Å². The van der Waals surface area contributed by atoms with Crippen LogP contribution < -0.4 is 19.9 Å². The standard InChI is InChI=1S/C23H24N4O3/c1-29-20-12-18-19(13-21(20)30-2)25-23(26-10-6-3-7-11-26)27(22(18)28)15-17-9-5-4-8-16(17)14-24/h4-5,8-9,12-13H,3,6-7,10-11,15H2,1-2H3. The maximum Gasteiger partial charge on any atom is 0.263 e. The highest BCUT2D eigenvalue weighted by Gasteiger charge is 2.21. The van der Waals surface area contributed by atoms with E-state index in [2.05, 4.69) is 11.0 Å². The predicted molar refractivity (Wildman–Crippen MR) is 115 cm³/mol. The van der Waals surface area contributed by atoms with E-state index in [1.54, 1.807) is 37.0 Å². The molecule has 0 spiro atoms. The number of piperidine rings is 1. The van der Waals surface area contributed by atoms with Crippen LogP contribution in [0.25, 0.3) is 10.9 Å². The quantitative estimate of drug-likeness (QED) is 0.649. The number of methoxy groups -OCH3 is 2. The van der Waals surface area contributed by atoms with Gasteiger partial charge in [0.05, 0.1) is 43.3 Å². The molecule has 30 heavy (non-hydrogen) atoms. The molecule has 0 N–H and O–H groups in total. The number of anilines is 1. The molecule has 3 aromatic rings. The van der Waals surface area contributed by atoms with Crippen LogP contribution in [0, 0.1) is 11.3 Å². The Morgan fingerprint density at radius 1 is 1.07 bits per heavy atom. The van der Waals surface area contributed by atoms with Crippen molar-refractivity contribution in [2.45, 2.75) is 25.8 Å². The van der Waals surface area contributed by atoms with Crippen molar-refractivity contribution in [1.29, 1.82) is 5.26 Å². The van der Waals surface area contributed by atoms with Crippen LogP contribution in [0.3, 0.4) is 0 Å². The van der Waals surface area contributed by atoms with E-state index in [1.807, 2.05) is 18.2 Å². The van der Waals surface area contributed by atoms with Gasteiger partial charge >= 0.3 is 0 Å². The highest BCUT2D eigenvalue weighted by molar-refractivity contribution is 5.83. The molecule has 2 heterocycles.